The molecule has 0 N–H and O–H groups in total. The van der Waals surface area contributed by atoms with Crippen molar-refractivity contribution in [3.05, 3.63) is 191 Å². The molecule has 0 radical (unpaired) electrons. The van der Waals surface area contributed by atoms with Gasteiger partial charge >= 0.3 is 0 Å². The second-order valence-electron chi connectivity index (χ2n) is 13.7. The Labute approximate surface area is 316 Å². The highest BCUT2D eigenvalue weighted by Crippen LogP contribution is 2.51. The number of aryl methyl sites for hydroxylation is 1. The number of benzene rings is 6. The fourth-order valence-corrected chi connectivity index (χ4v) is 11.0. The van der Waals surface area contributed by atoms with E-state index in [1.165, 1.54) is 52.7 Å². The van der Waals surface area contributed by atoms with Crippen LogP contribution in [0.3, 0.4) is 0 Å². The Hall–Kier alpha value is -5.10. The fraction of sp³-hybridized carbons (Fsp3) is 0.128. The fourth-order valence-electron chi connectivity index (χ4n) is 8.49. The Morgan fingerprint density at radius 2 is 1.04 bits per heavy atom. The second kappa shape index (κ2) is 14.9. The second-order valence-corrected chi connectivity index (χ2v) is 15.7. The number of thiazole rings is 1. The van der Waals surface area contributed by atoms with Crippen LogP contribution in [0.2, 0.25) is 0 Å². The smallest absolute Gasteiger partial charge is 0.266 e. The van der Waals surface area contributed by atoms with Crippen LogP contribution in [-0.2, 0) is 7.05 Å². The number of thioether (sulfide) groups is 1. The molecule has 7 aromatic rings. The van der Waals surface area contributed by atoms with Gasteiger partial charge < -0.3 is 4.90 Å². The molecule has 5 heteroatoms. The lowest BCUT2D eigenvalue weighted by Crippen LogP contribution is -2.74. The van der Waals surface area contributed by atoms with E-state index >= 15 is 0 Å². The van der Waals surface area contributed by atoms with Gasteiger partial charge in [-0.25, -0.2) is 0 Å². The van der Waals surface area contributed by atoms with E-state index in [0.717, 1.165) is 19.3 Å². The molecule has 1 aromatic heterocycles. The van der Waals surface area contributed by atoms with Gasteiger partial charge in [0.15, 0.2) is 0 Å². The summed E-state index contributed by atoms with van der Waals surface area (Å²) in [5.74, 6) is 0. The van der Waals surface area contributed by atoms with E-state index in [4.69, 9.17) is 0 Å². The largest absolute Gasteiger partial charge is 0.338 e. The van der Waals surface area contributed by atoms with Gasteiger partial charge in [0.05, 0.1) is 10.7 Å². The third-order valence-corrected chi connectivity index (χ3v) is 13.5. The van der Waals surface area contributed by atoms with E-state index < -0.39 is 6.15 Å². The van der Waals surface area contributed by atoms with Crippen molar-refractivity contribution in [1.29, 1.82) is 0 Å². The molecule has 0 spiro atoms. The van der Waals surface area contributed by atoms with Crippen LogP contribution in [-0.4, -0.2) is 13.2 Å². The molecule has 52 heavy (non-hydrogen) atoms. The summed E-state index contributed by atoms with van der Waals surface area (Å²) in [5.41, 5.74) is 12.7. The molecular weight excluding hydrogens is 667 g/mol. The number of para-hydroxylation sites is 2. The Morgan fingerprint density at radius 1 is 0.577 bits per heavy atom. The van der Waals surface area contributed by atoms with E-state index in [-0.39, 0.29) is 0 Å². The molecule has 1 aliphatic heterocycles. The molecular formula is C47H43BN2S2. The van der Waals surface area contributed by atoms with Gasteiger partial charge in [-0.3, -0.25) is 0 Å². The molecule has 2 nitrogen and oxygen atoms in total. The number of aromatic nitrogens is 1. The lowest BCUT2D eigenvalue weighted by molar-refractivity contribution is -0.642. The van der Waals surface area contributed by atoms with E-state index in [1.54, 1.807) is 16.7 Å². The first kappa shape index (κ1) is 34.0. The van der Waals surface area contributed by atoms with Crippen LogP contribution in [0, 0.1) is 0 Å². The normalized spacial score (nSPS) is 15.5. The standard InChI is InChI=1S/C24H20B.C23H23N2S2/c1-5-13-21(14-6-1)25(22-15-7-2-8-16-22,23-17-9-3-10-18-23)24-19-11-4-12-20-24;1-4-15-16(22-24(2)18-9-5-7-11-20(18)26-22)13-14-17(15)23-25(3)19-10-6-8-12-21(19)27-23/h1-20H;5-12H,4,13-14H2,1-3H3/q-1;+1. The Morgan fingerprint density at radius 3 is 1.54 bits per heavy atom. The molecule has 0 amide bonds. The molecule has 256 valence electrons. The summed E-state index contributed by atoms with van der Waals surface area (Å²) in [6.45, 7) is 2.31. The van der Waals surface area contributed by atoms with Gasteiger partial charge in [-0.05, 0) is 48.6 Å². The summed E-state index contributed by atoms with van der Waals surface area (Å²) < 4.78 is 3.76. The van der Waals surface area contributed by atoms with Crippen LogP contribution >= 0.6 is 23.1 Å². The van der Waals surface area contributed by atoms with Crippen LogP contribution in [0.1, 0.15) is 31.2 Å². The predicted octanol–water partition coefficient (Wildman–Crippen LogP) is 9.20. The highest BCUT2D eigenvalue weighted by atomic mass is 32.2. The molecule has 0 unspecified atom stereocenters. The number of rotatable bonds is 6. The van der Waals surface area contributed by atoms with E-state index in [2.05, 4.69) is 200 Å². The SMILES string of the molecule is CCC1=C(c2sc3ccccc3[n+]2C)CC/C1=C1/Sc2ccccc2N1C.c1ccc([B-](c2ccccc2)(c2ccccc2)c2ccccc2)cc1. The van der Waals surface area contributed by atoms with E-state index in [1.807, 2.05) is 23.1 Å². The maximum atomic E-state index is 2.39. The van der Waals surface area contributed by atoms with Crippen LogP contribution < -0.4 is 31.3 Å². The summed E-state index contributed by atoms with van der Waals surface area (Å²) >= 11 is 3.87. The zero-order chi connectivity index (χ0) is 35.5. The van der Waals surface area contributed by atoms with Gasteiger partial charge in [0.25, 0.3) is 5.01 Å². The third kappa shape index (κ3) is 6.02. The quantitative estimate of drug-likeness (QED) is 0.126. The average Bonchev–Trinajstić information content (AvgIpc) is 3.89. The highest BCUT2D eigenvalue weighted by Gasteiger charge is 2.34. The number of fused-ring (bicyclic) bond motifs is 2. The molecule has 6 aromatic carbocycles. The lowest BCUT2D eigenvalue weighted by atomic mass is 9.13. The van der Waals surface area contributed by atoms with Crippen molar-refractivity contribution in [2.45, 2.75) is 31.1 Å². The average molecular weight is 711 g/mol. The third-order valence-electron chi connectivity index (χ3n) is 10.9. The minimum Gasteiger partial charge on any atom is -0.338 e. The zero-order valence-electron chi connectivity index (χ0n) is 30.1. The van der Waals surface area contributed by atoms with Gasteiger partial charge in [0.1, 0.15) is 17.9 Å². The first-order valence-corrected chi connectivity index (χ1v) is 20.0. The number of allylic oxidation sites excluding steroid dienone is 3. The van der Waals surface area contributed by atoms with Crippen molar-refractivity contribution in [2.24, 2.45) is 7.05 Å². The number of hydrogen-bond acceptors (Lipinski definition) is 3. The van der Waals surface area contributed by atoms with E-state index in [9.17, 15) is 0 Å². The zero-order valence-corrected chi connectivity index (χ0v) is 31.7. The molecule has 1 aliphatic carbocycles. The molecule has 2 heterocycles. The number of anilines is 1. The van der Waals surface area contributed by atoms with Crippen molar-refractivity contribution in [1.82, 2.24) is 0 Å². The molecule has 0 fully saturated rings. The van der Waals surface area contributed by atoms with Crippen molar-refractivity contribution in [3.63, 3.8) is 0 Å². The number of nitrogens with zero attached hydrogens (tertiary/aromatic N) is 2. The van der Waals surface area contributed by atoms with Gasteiger partial charge in [-0.2, -0.15) is 26.4 Å². The van der Waals surface area contributed by atoms with Gasteiger partial charge in [0.2, 0.25) is 5.52 Å². The van der Waals surface area contributed by atoms with Crippen LogP contribution in [0.15, 0.2) is 191 Å². The summed E-state index contributed by atoms with van der Waals surface area (Å²) in [5, 5.41) is 2.85. The molecule has 2 aliphatic rings. The van der Waals surface area contributed by atoms with Crippen LogP contribution in [0.4, 0.5) is 5.69 Å². The minimum atomic E-state index is -1.22. The first-order chi connectivity index (χ1) is 25.6. The maximum Gasteiger partial charge on any atom is 0.266 e. The summed E-state index contributed by atoms with van der Waals surface area (Å²) in [6.07, 6.45) is 2.17. The van der Waals surface area contributed by atoms with Crippen molar-refractivity contribution < 1.29 is 4.57 Å². The van der Waals surface area contributed by atoms with Crippen molar-refractivity contribution >= 4 is 72.6 Å². The molecule has 0 bridgehead atoms. The van der Waals surface area contributed by atoms with Gasteiger partial charge in [0, 0.05) is 23.6 Å². The molecule has 0 atom stereocenters. The number of hydrogen-bond donors (Lipinski definition) is 0. The minimum absolute atomic E-state index is 1.09. The summed E-state index contributed by atoms with van der Waals surface area (Å²) in [7, 11) is 4.43. The van der Waals surface area contributed by atoms with Crippen molar-refractivity contribution in [3.8, 4) is 0 Å². The monoisotopic (exact) mass is 710 g/mol. The lowest BCUT2D eigenvalue weighted by Gasteiger charge is -2.44. The predicted molar refractivity (Wildman–Crippen MR) is 227 cm³/mol. The Bertz CT molecular complexity index is 2220. The van der Waals surface area contributed by atoms with E-state index in [0.29, 0.717) is 0 Å². The van der Waals surface area contributed by atoms with Gasteiger partial charge in [-0.1, -0.05) is 176 Å². The van der Waals surface area contributed by atoms with Crippen LogP contribution in [0.5, 0.6) is 0 Å². The highest BCUT2D eigenvalue weighted by molar-refractivity contribution is 8.03. The van der Waals surface area contributed by atoms with Crippen LogP contribution in [0.25, 0.3) is 15.8 Å². The van der Waals surface area contributed by atoms with Gasteiger partial charge in [-0.15, -0.1) is 0 Å². The summed E-state index contributed by atoms with van der Waals surface area (Å²) in [4.78, 5) is 3.76. The Kier molecular flexibility index (Phi) is 9.73. The molecule has 9 rings (SSSR count). The summed E-state index contributed by atoms with van der Waals surface area (Å²) in [6, 6.07) is 61.0. The molecule has 0 saturated carbocycles. The maximum absolute atomic E-state index is 2.39. The topological polar surface area (TPSA) is 7.12 Å². The van der Waals surface area contributed by atoms with Crippen molar-refractivity contribution in [2.75, 3.05) is 11.9 Å². The Balaban J connectivity index is 0.000000149. The molecule has 0 saturated heterocycles. The first-order valence-electron chi connectivity index (χ1n) is 18.3.